The first-order valence-corrected chi connectivity index (χ1v) is 7.95. The van der Waals surface area contributed by atoms with Crippen LogP contribution in [-0.2, 0) is 0 Å². The molecule has 4 heteroatoms. The van der Waals surface area contributed by atoms with Gasteiger partial charge >= 0.3 is 0 Å². The van der Waals surface area contributed by atoms with Gasteiger partial charge in [0.2, 0.25) is 0 Å². The summed E-state index contributed by atoms with van der Waals surface area (Å²) < 4.78 is 5.90. The van der Waals surface area contributed by atoms with E-state index in [1.54, 1.807) is 18.0 Å². The van der Waals surface area contributed by atoms with E-state index in [1.807, 2.05) is 43.6 Å². The summed E-state index contributed by atoms with van der Waals surface area (Å²) in [5.41, 5.74) is 1.04. The fourth-order valence-corrected chi connectivity index (χ4v) is 2.58. The maximum atomic E-state index is 5.90. The van der Waals surface area contributed by atoms with Gasteiger partial charge in [0.1, 0.15) is 11.5 Å². The standard InChI is InChI=1S/C16H20N2OS/c1-4-13(17-2)14-10-9-12(11-18-14)19-15-7-5-6-8-16(15)20-3/h5-11,13,17H,4H2,1-3H3. The SMILES string of the molecule is CCC(NC)c1ccc(Oc2ccccc2SC)cn1. The fourth-order valence-electron chi connectivity index (χ4n) is 2.05. The number of benzene rings is 1. The molecule has 3 nitrogen and oxygen atoms in total. The van der Waals surface area contributed by atoms with Gasteiger partial charge in [-0.25, -0.2) is 0 Å². The Morgan fingerprint density at radius 1 is 1.25 bits per heavy atom. The molecule has 0 bridgehead atoms. The van der Waals surface area contributed by atoms with Crippen LogP contribution >= 0.6 is 11.8 Å². The molecule has 20 heavy (non-hydrogen) atoms. The van der Waals surface area contributed by atoms with Crippen LogP contribution in [0.2, 0.25) is 0 Å². The number of hydrogen-bond acceptors (Lipinski definition) is 4. The maximum absolute atomic E-state index is 5.90. The third-order valence-electron chi connectivity index (χ3n) is 3.17. The van der Waals surface area contributed by atoms with E-state index >= 15 is 0 Å². The molecule has 0 fully saturated rings. The zero-order valence-corrected chi connectivity index (χ0v) is 12.9. The highest BCUT2D eigenvalue weighted by molar-refractivity contribution is 7.98. The van der Waals surface area contributed by atoms with Crippen molar-refractivity contribution < 1.29 is 4.74 Å². The first-order valence-electron chi connectivity index (χ1n) is 6.72. The summed E-state index contributed by atoms with van der Waals surface area (Å²) in [6.45, 7) is 2.14. The molecule has 1 N–H and O–H groups in total. The molecule has 2 aromatic rings. The van der Waals surface area contributed by atoms with Crippen molar-refractivity contribution in [2.75, 3.05) is 13.3 Å². The predicted octanol–water partition coefficient (Wildman–Crippen LogP) is 4.27. The Morgan fingerprint density at radius 3 is 2.65 bits per heavy atom. The van der Waals surface area contributed by atoms with Crippen molar-refractivity contribution in [3.8, 4) is 11.5 Å². The molecule has 0 spiro atoms. The molecule has 0 saturated carbocycles. The molecule has 0 aliphatic carbocycles. The van der Waals surface area contributed by atoms with E-state index in [1.165, 1.54) is 0 Å². The van der Waals surface area contributed by atoms with Crippen LogP contribution in [-0.4, -0.2) is 18.3 Å². The molecule has 2 rings (SSSR count). The van der Waals surface area contributed by atoms with Gasteiger partial charge in [-0.1, -0.05) is 19.1 Å². The van der Waals surface area contributed by atoms with E-state index < -0.39 is 0 Å². The Labute approximate surface area is 124 Å². The van der Waals surface area contributed by atoms with Gasteiger partial charge in [-0.05, 0) is 44.0 Å². The molecular weight excluding hydrogens is 268 g/mol. The zero-order valence-electron chi connectivity index (χ0n) is 12.1. The minimum atomic E-state index is 0.294. The Hall–Kier alpha value is -1.52. The number of pyridine rings is 1. The second-order valence-corrected chi connectivity index (χ2v) is 5.27. The molecule has 1 aromatic heterocycles. The van der Waals surface area contributed by atoms with Crippen molar-refractivity contribution in [3.05, 3.63) is 48.3 Å². The molecule has 1 aromatic carbocycles. The van der Waals surface area contributed by atoms with E-state index in [0.717, 1.165) is 28.5 Å². The normalized spacial score (nSPS) is 12.2. The topological polar surface area (TPSA) is 34.1 Å². The molecule has 0 aliphatic heterocycles. The van der Waals surface area contributed by atoms with Crippen molar-refractivity contribution in [2.24, 2.45) is 0 Å². The molecule has 0 aliphatic rings. The summed E-state index contributed by atoms with van der Waals surface area (Å²) in [6, 6.07) is 12.3. The Morgan fingerprint density at radius 2 is 2.05 bits per heavy atom. The molecule has 0 radical (unpaired) electrons. The number of nitrogens with zero attached hydrogens (tertiary/aromatic N) is 1. The number of ether oxygens (including phenoxy) is 1. The summed E-state index contributed by atoms with van der Waals surface area (Å²) in [7, 11) is 1.95. The highest BCUT2D eigenvalue weighted by atomic mass is 32.2. The molecule has 106 valence electrons. The van der Waals surface area contributed by atoms with Crippen LogP contribution in [0.3, 0.4) is 0 Å². The van der Waals surface area contributed by atoms with Crippen LogP contribution in [0.5, 0.6) is 11.5 Å². The van der Waals surface area contributed by atoms with Gasteiger partial charge in [-0.3, -0.25) is 4.98 Å². The van der Waals surface area contributed by atoms with Gasteiger partial charge in [0.25, 0.3) is 0 Å². The summed E-state index contributed by atoms with van der Waals surface area (Å²) >= 11 is 1.67. The lowest BCUT2D eigenvalue weighted by atomic mass is 10.1. The lowest BCUT2D eigenvalue weighted by Crippen LogP contribution is -2.16. The minimum Gasteiger partial charge on any atom is -0.455 e. The quantitative estimate of drug-likeness (QED) is 0.805. The lowest BCUT2D eigenvalue weighted by molar-refractivity contribution is 0.466. The largest absolute Gasteiger partial charge is 0.455 e. The van der Waals surface area contributed by atoms with Crippen LogP contribution in [0.25, 0.3) is 0 Å². The number of hydrogen-bond donors (Lipinski definition) is 1. The van der Waals surface area contributed by atoms with Crippen molar-refractivity contribution in [3.63, 3.8) is 0 Å². The number of aromatic nitrogens is 1. The number of nitrogens with one attached hydrogen (secondary N) is 1. The number of rotatable bonds is 6. The third-order valence-corrected chi connectivity index (χ3v) is 3.95. The van der Waals surface area contributed by atoms with Gasteiger partial charge in [0, 0.05) is 10.9 Å². The van der Waals surface area contributed by atoms with Crippen molar-refractivity contribution >= 4 is 11.8 Å². The van der Waals surface area contributed by atoms with Gasteiger partial charge < -0.3 is 10.1 Å². The highest BCUT2D eigenvalue weighted by Gasteiger charge is 2.09. The smallest absolute Gasteiger partial charge is 0.145 e. The van der Waals surface area contributed by atoms with Gasteiger partial charge in [0.15, 0.2) is 0 Å². The summed E-state index contributed by atoms with van der Waals surface area (Å²) in [4.78, 5) is 5.60. The van der Waals surface area contributed by atoms with E-state index in [9.17, 15) is 0 Å². The van der Waals surface area contributed by atoms with Crippen LogP contribution in [0.1, 0.15) is 25.1 Å². The Balaban J connectivity index is 2.14. The summed E-state index contributed by atoms with van der Waals surface area (Å²) in [5, 5.41) is 3.25. The van der Waals surface area contributed by atoms with Crippen LogP contribution in [0.15, 0.2) is 47.5 Å². The lowest BCUT2D eigenvalue weighted by Gasteiger charge is -2.14. The maximum Gasteiger partial charge on any atom is 0.145 e. The van der Waals surface area contributed by atoms with E-state index in [0.29, 0.717) is 6.04 Å². The van der Waals surface area contributed by atoms with Crippen molar-refractivity contribution in [1.29, 1.82) is 0 Å². The Kier molecular flexibility index (Phi) is 5.44. The average Bonchev–Trinajstić information content (AvgIpc) is 2.51. The van der Waals surface area contributed by atoms with Gasteiger partial charge in [0.05, 0.1) is 11.9 Å². The molecule has 0 amide bonds. The van der Waals surface area contributed by atoms with Crippen LogP contribution < -0.4 is 10.1 Å². The minimum absolute atomic E-state index is 0.294. The highest BCUT2D eigenvalue weighted by Crippen LogP contribution is 2.31. The number of thioether (sulfide) groups is 1. The zero-order chi connectivity index (χ0) is 14.4. The molecule has 1 heterocycles. The Bertz CT molecular complexity index is 538. The summed E-state index contributed by atoms with van der Waals surface area (Å²) in [6.07, 6.45) is 4.84. The molecule has 0 saturated heterocycles. The van der Waals surface area contributed by atoms with Crippen LogP contribution in [0.4, 0.5) is 0 Å². The van der Waals surface area contributed by atoms with E-state index in [-0.39, 0.29) is 0 Å². The van der Waals surface area contributed by atoms with Crippen molar-refractivity contribution in [2.45, 2.75) is 24.3 Å². The van der Waals surface area contributed by atoms with Gasteiger partial charge in [-0.2, -0.15) is 0 Å². The van der Waals surface area contributed by atoms with Crippen molar-refractivity contribution in [1.82, 2.24) is 10.3 Å². The van der Waals surface area contributed by atoms with Crippen LogP contribution in [0, 0.1) is 0 Å². The number of para-hydroxylation sites is 1. The molecular formula is C16H20N2OS. The monoisotopic (exact) mass is 288 g/mol. The van der Waals surface area contributed by atoms with Gasteiger partial charge in [-0.15, -0.1) is 11.8 Å². The molecule has 1 unspecified atom stereocenters. The average molecular weight is 288 g/mol. The molecule has 1 atom stereocenters. The second-order valence-electron chi connectivity index (χ2n) is 4.42. The predicted molar refractivity (Wildman–Crippen MR) is 84.6 cm³/mol. The third kappa shape index (κ3) is 3.52. The fraction of sp³-hybridized carbons (Fsp3) is 0.312. The van der Waals surface area contributed by atoms with E-state index in [4.69, 9.17) is 4.74 Å². The first kappa shape index (κ1) is 14.9. The first-order chi connectivity index (χ1) is 9.78. The summed E-state index contributed by atoms with van der Waals surface area (Å²) in [5.74, 6) is 1.64. The second kappa shape index (κ2) is 7.31. The van der Waals surface area contributed by atoms with E-state index in [2.05, 4.69) is 23.3 Å².